The van der Waals surface area contributed by atoms with Crippen LogP contribution in [0.5, 0.6) is 0 Å². The molecule has 1 aliphatic carbocycles. The van der Waals surface area contributed by atoms with Crippen molar-refractivity contribution >= 4 is 37.3 Å². The molecule has 0 spiro atoms. The summed E-state index contributed by atoms with van der Waals surface area (Å²) in [5, 5.41) is 17.1. The molecule has 14 heteroatoms. The monoisotopic (exact) mass is 709 g/mol. The zero-order chi connectivity index (χ0) is 34.9. The molecular formula is C34H49ClN3O9P. The van der Waals surface area contributed by atoms with Crippen LogP contribution in [0.4, 0.5) is 9.59 Å². The van der Waals surface area contributed by atoms with Crippen molar-refractivity contribution < 1.29 is 42.6 Å². The second kappa shape index (κ2) is 20.4. The van der Waals surface area contributed by atoms with Crippen LogP contribution >= 0.6 is 19.2 Å². The molecule has 266 valence electrons. The van der Waals surface area contributed by atoms with Gasteiger partial charge in [-0.15, -0.1) is 0 Å². The van der Waals surface area contributed by atoms with Crippen LogP contribution in [0.25, 0.3) is 0 Å². The molecular weight excluding hydrogens is 661 g/mol. The van der Waals surface area contributed by atoms with Crippen molar-refractivity contribution in [1.82, 2.24) is 15.5 Å². The van der Waals surface area contributed by atoms with Crippen molar-refractivity contribution in [3.63, 3.8) is 0 Å². The van der Waals surface area contributed by atoms with E-state index in [0.29, 0.717) is 30.0 Å². The molecule has 0 aromatic heterocycles. The number of carbonyl (C=O) groups is 3. The van der Waals surface area contributed by atoms with Gasteiger partial charge in [0, 0.05) is 18.6 Å². The van der Waals surface area contributed by atoms with Crippen LogP contribution in [0.1, 0.15) is 63.5 Å². The normalized spacial score (nSPS) is 15.5. The summed E-state index contributed by atoms with van der Waals surface area (Å²) < 4.78 is 35.2. The van der Waals surface area contributed by atoms with Crippen LogP contribution in [-0.4, -0.2) is 79.4 Å². The summed E-state index contributed by atoms with van der Waals surface area (Å²) in [6.45, 7) is 2.85. The van der Waals surface area contributed by atoms with E-state index >= 15 is 0 Å². The lowest BCUT2D eigenvalue weighted by Gasteiger charge is -2.32. The van der Waals surface area contributed by atoms with Crippen LogP contribution < -0.4 is 10.6 Å². The molecule has 0 heterocycles. The van der Waals surface area contributed by atoms with Gasteiger partial charge in [0.1, 0.15) is 25.3 Å². The number of rotatable bonds is 18. The maximum Gasteiger partial charge on any atom is 0.409 e. The van der Waals surface area contributed by atoms with E-state index in [1.165, 1.54) is 4.90 Å². The molecule has 1 saturated carbocycles. The first-order chi connectivity index (χ1) is 23.0. The van der Waals surface area contributed by atoms with Crippen LogP contribution in [0.15, 0.2) is 54.6 Å². The number of amides is 3. The second-order valence-corrected chi connectivity index (χ2v) is 14.3. The van der Waals surface area contributed by atoms with E-state index in [1.54, 1.807) is 45.2 Å². The number of ether oxygens (including phenoxy) is 2. The Balaban J connectivity index is 1.75. The third kappa shape index (κ3) is 13.0. The number of carbonyl (C=O) groups excluding carboxylic acids is 3. The Bertz CT molecular complexity index is 1340. The van der Waals surface area contributed by atoms with Gasteiger partial charge < -0.3 is 39.2 Å². The summed E-state index contributed by atoms with van der Waals surface area (Å²) in [5.74, 6) is -2.38. The molecule has 12 nitrogen and oxygen atoms in total. The maximum atomic E-state index is 13.8. The fourth-order valence-corrected chi connectivity index (χ4v) is 7.42. The number of aliphatic hydroxyl groups is 1. The average Bonchev–Trinajstić information content (AvgIpc) is 3.08. The van der Waals surface area contributed by atoms with Gasteiger partial charge in [-0.25, -0.2) is 9.59 Å². The minimum Gasteiger partial charge on any atom is -0.447 e. The topological polar surface area (TPSA) is 153 Å². The molecule has 2 aromatic rings. The molecule has 2 unspecified atom stereocenters. The highest BCUT2D eigenvalue weighted by atomic mass is 35.5. The average molecular weight is 710 g/mol. The zero-order valence-electron chi connectivity index (χ0n) is 28.0. The standard InChI is InChI=1S/C34H49ClN3O9P/c1-4-46-48(43,47-5-2)32(40)30(24-45-34(42)38(3)20-19-25-13-8-6-9-14-25)36-31(39)29(22-26-15-10-7-11-16-26)37-33(41)44-23-27-17-12-18-28(35)21-27/h6,8-9,12-14,17-18,21,26,29-30,32,40H,4-5,7,10-11,15-16,19-20,22-24H2,1-3H3,(H,36,39)(H,37,41)/t29-,30?,32?/m0/s1. The molecule has 3 N–H and O–H groups in total. The van der Waals surface area contributed by atoms with Crippen LogP contribution in [0.3, 0.4) is 0 Å². The Hall–Kier alpha value is -3.15. The first-order valence-corrected chi connectivity index (χ1v) is 18.5. The summed E-state index contributed by atoms with van der Waals surface area (Å²) >= 11 is 6.04. The van der Waals surface area contributed by atoms with Gasteiger partial charge in [-0.1, -0.05) is 86.2 Å². The van der Waals surface area contributed by atoms with Gasteiger partial charge in [0.2, 0.25) is 5.91 Å². The van der Waals surface area contributed by atoms with Crippen molar-refractivity contribution in [1.29, 1.82) is 0 Å². The number of aliphatic hydroxyl groups excluding tert-OH is 1. The van der Waals surface area contributed by atoms with Crippen LogP contribution in [-0.2, 0) is 40.9 Å². The number of alkyl carbamates (subject to hydrolysis) is 1. The number of nitrogens with zero attached hydrogens (tertiary/aromatic N) is 1. The Kier molecular flexibility index (Phi) is 16.7. The molecule has 0 saturated heterocycles. The van der Waals surface area contributed by atoms with E-state index in [4.69, 9.17) is 30.1 Å². The summed E-state index contributed by atoms with van der Waals surface area (Å²) in [4.78, 5) is 41.0. The van der Waals surface area contributed by atoms with E-state index in [0.717, 1.165) is 37.7 Å². The van der Waals surface area contributed by atoms with Gasteiger partial charge in [0.05, 0.1) is 13.2 Å². The molecule has 3 rings (SSSR count). The molecule has 3 amide bonds. The lowest BCUT2D eigenvalue weighted by atomic mass is 9.84. The summed E-state index contributed by atoms with van der Waals surface area (Å²) in [6, 6.07) is 14.0. The van der Waals surface area contributed by atoms with Gasteiger partial charge in [0.25, 0.3) is 0 Å². The second-order valence-electron chi connectivity index (χ2n) is 11.8. The summed E-state index contributed by atoms with van der Waals surface area (Å²) in [7, 11) is -2.62. The number of hydrogen-bond donors (Lipinski definition) is 3. The van der Waals surface area contributed by atoms with Crippen molar-refractivity contribution in [2.45, 2.75) is 83.3 Å². The van der Waals surface area contributed by atoms with Crippen molar-refractivity contribution in [3.05, 3.63) is 70.7 Å². The third-order valence-electron chi connectivity index (χ3n) is 8.07. The van der Waals surface area contributed by atoms with Crippen molar-refractivity contribution in [2.75, 3.05) is 33.4 Å². The number of nitrogens with one attached hydrogen (secondary N) is 2. The first kappa shape index (κ1) is 39.3. The lowest BCUT2D eigenvalue weighted by Crippen LogP contribution is -2.55. The SMILES string of the molecule is CCOP(=O)(OCC)C(O)C(COC(=O)N(C)CCc1ccccc1)NC(=O)[C@H](CC1CCCCC1)NC(=O)OCc1cccc(Cl)c1. The van der Waals surface area contributed by atoms with Crippen LogP contribution in [0.2, 0.25) is 5.02 Å². The minimum atomic E-state index is -4.19. The number of benzene rings is 2. The number of likely N-dealkylation sites (N-methyl/N-ethyl adjacent to an activating group) is 1. The lowest BCUT2D eigenvalue weighted by molar-refractivity contribution is -0.125. The van der Waals surface area contributed by atoms with Gasteiger partial charge in [-0.2, -0.15) is 0 Å². The largest absolute Gasteiger partial charge is 0.447 e. The Labute approximate surface area is 288 Å². The van der Waals surface area contributed by atoms with Crippen molar-refractivity contribution in [3.8, 4) is 0 Å². The van der Waals surface area contributed by atoms with Gasteiger partial charge >= 0.3 is 19.8 Å². The van der Waals surface area contributed by atoms with E-state index in [2.05, 4.69) is 10.6 Å². The molecule has 0 radical (unpaired) electrons. The minimum absolute atomic E-state index is 0.0403. The third-order valence-corrected chi connectivity index (χ3v) is 10.5. The Morgan fingerprint density at radius 1 is 0.958 bits per heavy atom. The fourth-order valence-electron chi connectivity index (χ4n) is 5.51. The van der Waals surface area contributed by atoms with Crippen LogP contribution in [0, 0.1) is 5.92 Å². The van der Waals surface area contributed by atoms with Crippen molar-refractivity contribution in [2.24, 2.45) is 5.92 Å². The number of hydrogen-bond acceptors (Lipinski definition) is 9. The molecule has 2 aromatic carbocycles. The van der Waals surface area contributed by atoms with Gasteiger partial charge in [-0.05, 0) is 55.9 Å². The maximum absolute atomic E-state index is 13.8. The molecule has 0 aliphatic heterocycles. The first-order valence-electron chi connectivity index (χ1n) is 16.5. The molecule has 48 heavy (non-hydrogen) atoms. The molecule has 3 atom stereocenters. The van der Waals surface area contributed by atoms with Gasteiger partial charge in [-0.3, -0.25) is 9.36 Å². The number of halogens is 1. The van der Waals surface area contributed by atoms with E-state index in [1.807, 2.05) is 30.3 Å². The summed E-state index contributed by atoms with van der Waals surface area (Å²) in [5.41, 5.74) is 1.71. The van der Waals surface area contributed by atoms with E-state index in [-0.39, 0.29) is 25.7 Å². The summed E-state index contributed by atoms with van der Waals surface area (Å²) in [6.07, 6.45) is 4.30. The Morgan fingerprint density at radius 2 is 1.62 bits per heavy atom. The molecule has 1 fully saturated rings. The highest BCUT2D eigenvalue weighted by Crippen LogP contribution is 2.53. The zero-order valence-corrected chi connectivity index (χ0v) is 29.6. The Morgan fingerprint density at radius 3 is 2.27 bits per heavy atom. The quantitative estimate of drug-likeness (QED) is 0.152. The molecule has 0 bridgehead atoms. The highest BCUT2D eigenvalue weighted by molar-refractivity contribution is 7.54. The van der Waals surface area contributed by atoms with E-state index < -0.39 is 50.2 Å². The molecule has 1 aliphatic rings. The van der Waals surface area contributed by atoms with E-state index in [9.17, 15) is 24.1 Å². The van der Waals surface area contributed by atoms with Gasteiger partial charge in [0.15, 0.2) is 5.85 Å². The smallest absolute Gasteiger partial charge is 0.409 e. The predicted molar refractivity (Wildman–Crippen MR) is 183 cm³/mol. The highest BCUT2D eigenvalue weighted by Gasteiger charge is 2.42. The fraction of sp³-hybridized carbons (Fsp3) is 0.559. The predicted octanol–water partition coefficient (Wildman–Crippen LogP) is 6.29.